The summed E-state index contributed by atoms with van der Waals surface area (Å²) in [5.41, 5.74) is 0.389. The maximum Gasteiger partial charge on any atom is 0.471 e. The Labute approximate surface area is 155 Å². The van der Waals surface area contributed by atoms with Crippen molar-refractivity contribution in [3.8, 4) is 0 Å². The summed E-state index contributed by atoms with van der Waals surface area (Å²) in [6.07, 6.45) is -5.41. The van der Waals surface area contributed by atoms with E-state index >= 15 is 0 Å². The van der Waals surface area contributed by atoms with Crippen LogP contribution in [0.5, 0.6) is 0 Å². The number of anilines is 1. The molecule has 2 aromatic rings. The number of benzene rings is 1. The molecular weight excluding hydrogens is 389 g/mol. The first-order valence-electron chi connectivity index (χ1n) is 7.48. The summed E-state index contributed by atoms with van der Waals surface area (Å²) in [4.78, 5) is 23.5. The highest BCUT2D eigenvalue weighted by Gasteiger charge is 2.40. The molecule has 1 aromatic heterocycles. The molecule has 0 saturated heterocycles. The Morgan fingerprint density at radius 3 is 2.54 bits per heavy atom. The van der Waals surface area contributed by atoms with Gasteiger partial charge >= 0.3 is 12.1 Å². The van der Waals surface area contributed by atoms with Crippen LogP contribution in [0.2, 0.25) is 0 Å². The Hall–Kier alpha value is -2.14. The number of alkyl halides is 3. The molecule has 1 aromatic carbocycles. The van der Waals surface area contributed by atoms with Crippen LogP contribution in [-0.2, 0) is 9.59 Å². The monoisotopic (exact) mass is 404 g/mol. The van der Waals surface area contributed by atoms with Gasteiger partial charge in [0.2, 0.25) is 11.0 Å². The summed E-state index contributed by atoms with van der Waals surface area (Å²) >= 11 is 2.63. The van der Waals surface area contributed by atoms with Crippen LogP contribution >= 0.6 is 23.1 Å². The van der Waals surface area contributed by atoms with E-state index < -0.39 is 24.0 Å². The zero-order valence-corrected chi connectivity index (χ0v) is 15.2. The minimum absolute atomic E-state index is 0.250. The standard InChI is InChI=1S/C15H15F3N4O2S2/c1-2-25-14-22-21-13(26-14)20-11(23)8-10(9-6-4-3-5-7-9)19-12(24)15(16,17)18/h3-7,10H,2,8H2,1H3,(H,19,24)(H,20,21,23)/t10-/m0/s1. The number of aromatic nitrogens is 2. The zero-order chi connectivity index (χ0) is 19.2. The van der Waals surface area contributed by atoms with Crippen LogP contribution in [-0.4, -0.2) is 33.9 Å². The Kier molecular flexibility index (Phi) is 6.98. The molecule has 0 spiro atoms. The lowest BCUT2D eigenvalue weighted by Gasteiger charge is -2.19. The highest BCUT2D eigenvalue weighted by atomic mass is 32.2. The summed E-state index contributed by atoms with van der Waals surface area (Å²) < 4.78 is 38.3. The number of hydrogen-bond donors (Lipinski definition) is 2. The molecule has 1 heterocycles. The van der Waals surface area contributed by atoms with Crippen molar-refractivity contribution in [1.29, 1.82) is 0 Å². The van der Waals surface area contributed by atoms with Gasteiger partial charge in [-0.15, -0.1) is 10.2 Å². The summed E-state index contributed by atoms with van der Waals surface area (Å²) in [7, 11) is 0. The summed E-state index contributed by atoms with van der Waals surface area (Å²) in [5, 5.41) is 12.3. The van der Waals surface area contributed by atoms with Gasteiger partial charge < -0.3 is 10.6 Å². The fourth-order valence-corrected chi connectivity index (χ4v) is 3.64. The Morgan fingerprint density at radius 2 is 1.92 bits per heavy atom. The lowest BCUT2D eigenvalue weighted by molar-refractivity contribution is -0.174. The fourth-order valence-electron chi connectivity index (χ4n) is 1.98. The fraction of sp³-hybridized carbons (Fsp3) is 0.333. The van der Waals surface area contributed by atoms with Gasteiger partial charge in [-0.05, 0) is 11.3 Å². The molecule has 0 aliphatic heterocycles. The van der Waals surface area contributed by atoms with Crippen LogP contribution in [0, 0.1) is 0 Å². The van der Waals surface area contributed by atoms with Crippen molar-refractivity contribution in [2.75, 3.05) is 11.1 Å². The third-order valence-corrected chi connectivity index (χ3v) is 4.93. The molecule has 0 aliphatic carbocycles. The van der Waals surface area contributed by atoms with Gasteiger partial charge in [0.05, 0.1) is 12.5 Å². The topological polar surface area (TPSA) is 84.0 Å². The lowest BCUT2D eigenvalue weighted by atomic mass is 10.0. The van der Waals surface area contributed by atoms with Crippen LogP contribution in [0.15, 0.2) is 34.7 Å². The van der Waals surface area contributed by atoms with Crippen LogP contribution < -0.4 is 10.6 Å². The molecule has 11 heteroatoms. The number of carbonyl (C=O) groups excluding carboxylic acids is 2. The van der Waals surface area contributed by atoms with E-state index in [9.17, 15) is 22.8 Å². The van der Waals surface area contributed by atoms with Gasteiger partial charge in [-0.1, -0.05) is 60.4 Å². The number of carbonyl (C=O) groups is 2. The highest BCUT2D eigenvalue weighted by molar-refractivity contribution is 8.01. The minimum Gasteiger partial charge on any atom is -0.341 e. The minimum atomic E-state index is -5.03. The highest BCUT2D eigenvalue weighted by Crippen LogP contribution is 2.26. The third-order valence-electron chi connectivity index (χ3n) is 3.07. The third kappa shape index (κ3) is 5.99. The van der Waals surface area contributed by atoms with E-state index in [-0.39, 0.29) is 11.6 Å². The maximum atomic E-state index is 12.6. The smallest absolute Gasteiger partial charge is 0.341 e. The van der Waals surface area contributed by atoms with Crippen molar-refractivity contribution >= 4 is 40.0 Å². The Morgan fingerprint density at radius 1 is 1.23 bits per heavy atom. The van der Waals surface area contributed by atoms with Gasteiger partial charge in [0.25, 0.3) is 0 Å². The second-order valence-corrected chi connectivity index (χ2v) is 7.48. The van der Waals surface area contributed by atoms with Gasteiger partial charge in [0, 0.05) is 0 Å². The summed E-state index contributed by atoms with van der Waals surface area (Å²) in [6, 6.07) is 6.85. The molecule has 2 rings (SSSR count). The number of amides is 2. The van der Waals surface area contributed by atoms with E-state index in [1.54, 1.807) is 18.2 Å². The van der Waals surface area contributed by atoms with Crippen LogP contribution in [0.25, 0.3) is 0 Å². The number of nitrogens with one attached hydrogen (secondary N) is 2. The average Bonchev–Trinajstić information content (AvgIpc) is 3.01. The molecule has 6 nitrogen and oxygen atoms in total. The van der Waals surface area contributed by atoms with Gasteiger partial charge in [-0.2, -0.15) is 13.2 Å². The summed E-state index contributed by atoms with van der Waals surface area (Å²) in [5.74, 6) is -1.88. The SMILES string of the molecule is CCSc1nnc(NC(=O)C[C@H](NC(=O)C(F)(F)F)c2ccccc2)s1. The second kappa shape index (κ2) is 8.99. The number of halogens is 3. The normalized spacial score (nSPS) is 12.5. The van der Waals surface area contributed by atoms with Gasteiger partial charge in [-0.3, -0.25) is 9.59 Å². The van der Waals surface area contributed by atoms with Crippen molar-refractivity contribution in [1.82, 2.24) is 15.5 Å². The first kappa shape index (κ1) is 20.2. The van der Waals surface area contributed by atoms with E-state index in [1.807, 2.05) is 12.2 Å². The first-order valence-corrected chi connectivity index (χ1v) is 9.28. The molecule has 0 saturated carbocycles. The number of thioether (sulfide) groups is 1. The predicted molar refractivity (Wildman–Crippen MR) is 92.9 cm³/mol. The van der Waals surface area contributed by atoms with E-state index in [0.717, 1.165) is 5.75 Å². The average molecular weight is 404 g/mol. The molecular formula is C15H15F3N4O2S2. The molecule has 0 radical (unpaired) electrons. The molecule has 1 atom stereocenters. The molecule has 0 aliphatic rings. The molecule has 0 fully saturated rings. The molecule has 26 heavy (non-hydrogen) atoms. The molecule has 140 valence electrons. The Balaban J connectivity index is 2.07. The van der Waals surface area contributed by atoms with Crippen LogP contribution in [0.1, 0.15) is 24.9 Å². The quantitative estimate of drug-likeness (QED) is 0.546. The van der Waals surface area contributed by atoms with Crippen molar-refractivity contribution in [3.63, 3.8) is 0 Å². The second-order valence-electron chi connectivity index (χ2n) is 4.99. The van der Waals surface area contributed by atoms with E-state index in [0.29, 0.717) is 9.90 Å². The lowest BCUT2D eigenvalue weighted by Crippen LogP contribution is -2.40. The maximum absolute atomic E-state index is 12.6. The number of rotatable bonds is 7. The first-order chi connectivity index (χ1) is 12.3. The van der Waals surface area contributed by atoms with Crippen LogP contribution in [0.3, 0.4) is 0 Å². The van der Waals surface area contributed by atoms with E-state index in [4.69, 9.17) is 0 Å². The molecule has 0 bridgehead atoms. The van der Waals surface area contributed by atoms with Gasteiger partial charge in [-0.25, -0.2) is 0 Å². The van der Waals surface area contributed by atoms with Crippen molar-refractivity contribution in [2.24, 2.45) is 0 Å². The van der Waals surface area contributed by atoms with E-state index in [1.165, 1.54) is 35.2 Å². The number of hydrogen-bond acceptors (Lipinski definition) is 6. The van der Waals surface area contributed by atoms with Crippen molar-refractivity contribution < 1.29 is 22.8 Å². The molecule has 2 N–H and O–H groups in total. The zero-order valence-electron chi connectivity index (χ0n) is 13.5. The van der Waals surface area contributed by atoms with Crippen molar-refractivity contribution in [3.05, 3.63) is 35.9 Å². The molecule has 2 amide bonds. The van der Waals surface area contributed by atoms with Gasteiger partial charge in [0.1, 0.15) is 0 Å². The molecule has 0 unspecified atom stereocenters. The predicted octanol–water partition coefficient (Wildman–Crippen LogP) is 3.40. The largest absolute Gasteiger partial charge is 0.471 e. The van der Waals surface area contributed by atoms with E-state index in [2.05, 4.69) is 15.5 Å². The Bertz CT molecular complexity index is 753. The summed E-state index contributed by atoms with van der Waals surface area (Å²) in [6.45, 7) is 1.94. The number of nitrogens with zero attached hydrogens (tertiary/aromatic N) is 2. The van der Waals surface area contributed by atoms with Crippen molar-refractivity contribution in [2.45, 2.75) is 29.9 Å². The van der Waals surface area contributed by atoms with Crippen LogP contribution in [0.4, 0.5) is 18.3 Å². The van der Waals surface area contributed by atoms with Gasteiger partial charge in [0.15, 0.2) is 4.34 Å².